The molecule has 1 heterocycles. The summed E-state index contributed by atoms with van der Waals surface area (Å²) in [7, 11) is 0. The molecular formula is C27H37N3O4. The van der Waals surface area contributed by atoms with E-state index < -0.39 is 0 Å². The van der Waals surface area contributed by atoms with Gasteiger partial charge in [-0.25, -0.2) is 4.79 Å². The molecule has 0 aromatic heterocycles. The van der Waals surface area contributed by atoms with E-state index in [0.29, 0.717) is 30.3 Å². The fourth-order valence-electron chi connectivity index (χ4n) is 7.27. The molecule has 1 aromatic carbocycles. The minimum atomic E-state index is -0.362. The summed E-state index contributed by atoms with van der Waals surface area (Å²) >= 11 is 0. The number of nitrogens with zero attached hydrogens (tertiary/aromatic N) is 1. The molecular weight excluding hydrogens is 430 g/mol. The van der Waals surface area contributed by atoms with Crippen LogP contribution in [0.2, 0.25) is 0 Å². The Bertz CT molecular complexity index is 885. The second-order valence-corrected chi connectivity index (χ2v) is 11.1. The number of ether oxygens (including phenoxy) is 1. The van der Waals surface area contributed by atoms with Crippen molar-refractivity contribution in [1.29, 1.82) is 0 Å². The van der Waals surface area contributed by atoms with E-state index in [1.165, 1.54) is 19.3 Å². The van der Waals surface area contributed by atoms with Crippen LogP contribution in [0.25, 0.3) is 0 Å². The number of likely N-dealkylation sites (tertiary alicyclic amines) is 1. The third-order valence-electron chi connectivity index (χ3n) is 8.49. The van der Waals surface area contributed by atoms with Gasteiger partial charge in [-0.3, -0.25) is 14.5 Å². The molecule has 1 aromatic rings. The van der Waals surface area contributed by atoms with E-state index in [-0.39, 0.29) is 23.3 Å². The minimum absolute atomic E-state index is 0.0695. The van der Waals surface area contributed by atoms with Gasteiger partial charge in [-0.05, 0) is 100 Å². The Labute approximate surface area is 202 Å². The predicted octanol–water partition coefficient (Wildman–Crippen LogP) is 3.60. The average Bonchev–Trinajstić information content (AvgIpc) is 2.80. The Morgan fingerprint density at radius 2 is 1.56 bits per heavy atom. The first-order chi connectivity index (χ1) is 16.4. The number of esters is 1. The number of amides is 2. The lowest BCUT2D eigenvalue weighted by atomic mass is 9.49. The molecule has 2 amide bonds. The molecule has 0 atom stereocenters. The molecule has 2 N–H and O–H groups in total. The summed E-state index contributed by atoms with van der Waals surface area (Å²) in [4.78, 5) is 39.7. The van der Waals surface area contributed by atoms with E-state index in [1.807, 2.05) is 0 Å². The van der Waals surface area contributed by atoms with Crippen LogP contribution in [0.5, 0.6) is 0 Å². The number of carbonyl (C=O) groups excluding carboxylic acids is 3. The molecule has 4 aliphatic carbocycles. The molecule has 1 aliphatic heterocycles. The highest BCUT2D eigenvalue weighted by Crippen LogP contribution is 2.60. The van der Waals surface area contributed by atoms with Crippen molar-refractivity contribution in [2.45, 2.75) is 64.3 Å². The summed E-state index contributed by atoms with van der Waals surface area (Å²) in [5.41, 5.74) is 1.04. The summed E-state index contributed by atoms with van der Waals surface area (Å²) in [5, 5.41) is 6.31. The Kier molecular flexibility index (Phi) is 6.65. The van der Waals surface area contributed by atoms with Crippen molar-refractivity contribution in [2.75, 3.05) is 31.6 Å². The molecule has 1 saturated heterocycles. The third-order valence-corrected chi connectivity index (χ3v) is 8.49. The Morgan fingerprint density at radius 3 is 2.12 bits per heavy atom. The zero-order chi connectivity index (χ0) is 23.7. The molecule has 34 heavy (non-hydrogen) atoms. The van der Waals surface area contributed by atoms with E-state index in [0.717, 1.165) is 62.9 Å². The van der Waals surface area contributed by atoms with Crippen LogP contribution in [-0.4, -0.2) is 55.0 Å². The van der Waals surface area contributed by atoms with Crippen LogP contribution >= 0.6 is 0 Å². The van der Waals surface area contributed by atoms with Crippen LogP contribution in [0.15, 0.2) is 24.3 Å². The molecule has 7 nitrogen and oxygen atoms in total. The standard InChI is InChI=1S/C27H37N3O4/c1-2-34-25(32)21-3-5-22(6-4-21)28-24(31)17-30-9-7-23(8-10-30)29-26(33)27-14-18-11-19(15-27)13-20(12-18)16-27/h3-6,18-20,23H,2,7-17H2,1H3,(H,28,31)(H,29,33). The maximum atomic E-state index is 13.3. The lowest BCUT2D eigenvalue weighted by Crippen LogP contribution is -2.56. The Morgan fingerprint density at radius 1 is 0.971 bits per heavy atom. The van der Waals surface area contributed by atoms with Crippen molar-refractivity contribution in [3.8, 4) is 0 Å². The lowest BCUT2D eigenvalue weighted by Gasteiger charge is -2.56. The largest absolute Gasteiger partial charge is 0.462 e. The van der Waals surface area contributed by atoms with E-state index in [2.05, 4.69) is 15.5 Å². The van der Waals surface area contributed by atoms with Gasteiger partial charge in [-0.1, -0.05) is 0 Å². The number of hydrogen-bond donors (Lipinski definition) is 2. The number of nitrogens with one attached hydrogen (secondary N) is 2. The van der Waals surface area contributed by atoms with Gasteiger partial charge in [0.2, 0.25) is 11.8 Å². The van der Waals surface area contributed by atoms with Crippen molar-refractivity contribution < 1.29 is 19.1 Å². The van der Waals surface area contributed by atoms with Crippen LogP contribution in [0.3, 0.4) is 0 Å². The van der Waals surface area contributed by atoms with Crippen LogP contribution < -0.4 is 10.6 Å². The number of anilines is 1. The average molecular weight is 468 g/mol. The summed E-state index contributed by atoms with van der Waals surface area (Å²) < 4.78 is 4.98. The zero-order valence-electron chi connectivity index (χ0n) is 20.2. The smallest absolute Gasteiger partial charge is 0.338 e. The van der Waals surface area contributed by atoms with Gasteiger partial charge >= 0.3 is 5.97 Å². The first kappa shape index (κ1) is 23.3. The normalized spacial score (nSPS) is 30.7. The SMILES string of the molecule is CCOC(=O)c1ccc(NC(=O)CN2CCC(NC(=O)C34CC5CC(CC(C5)C3)C4)CC2)cc1. The van der Waals surface area contributed by atoms with Gasteiger partial charge in [0.25, 0.3) is 0 Å². The Hall–Kier alpha value is -2.41. The monoisotopic (exact) mass is 467 g/mol. The molecule has 0 radical (unpaired) electrons. The highest BCUT2D eigenvalue weighted by atomic mass is 16.5. The van der Waals surface area contributed by atoms with E-state index in [4.69, 9.17) is 4.74 Å². The van der Waals surface area contributed by atoms with E-state index >= 15 is 0 Å². The van der Waals surface area contributed by atoms with Crippen molar-refractivity contribution in [3.05, 3.63) is 29.8 Å². The summed E-state index contributed by atoms with van der Waals surface area (Å²) in [6.45, 7) is 4.05. The molecule has 7 heteroatoms. The fraction of sp³-hybridized carbons (Fsp3) is 0.667. The van der Waals surface area contributed by atoms with Crippen LogP contribution in [-0.2, 0) is 14.3 Å². The molecule has 4 saturated carbocycles. The first-order valence-electron chi connectivity index (χ1n) is 13.0. The fourth-order valence-corrected chi connectivity index (χ4v) is 7.27. The predicted molar refractivity (Wildman–Crippen MR) is 129 cm³/mol. The highest BCUT2D eigenvalue weighted by molar-refractivity contribution is 5.94. The molecule has 184 valence electrons. The number of benzene rings is 1. The molecule has 0 spiro atoms. The first-order valence-corrected chi connectivity index (χ1v) is 13.0. The van der Waals surface area contributed by atoms with Gasteiger partial charge in [0.15, 0.2) is 0 Å². The van der Waals surface area contributed by atoms with Crippen molar-refractivity contribution in [3.63, 3.8) is 0 Å². The molecule has 4 bridgehead atoms. The quantitative estimate of drug-likeness (QED) is 0.599. The van der Waals surface area contributed by atoms with Crippen LogP contribution in [0, 0.1) is 23.2 Å². The van der Waals surface area contributed by atoms with Gasteiger partial charge < -0.3 is 15.4 Å². The van der Waals surface area contributed by atoms with Crippen molar-refractivity contribution >= 4 is 23.5 Å². The third kappa shape index (κ3) is 4.99. The van der Waals surface area contributed by atoms with Gasteiger partial charge in [-0.15, -0.1) is 0 Å². The molecule has 6 rings (SSSR count). The van der Waals surface area contributed by atoms with E-state index in [1.54, 1.807) is 31.2 Å². The highest BCUT2D eigenvalue weighted by Gasteiger charge is 2.54. The summed E-state index contributed by atoms with van der Waals surface area (Å²) in [6, 6.07) is 6.97. The van der Waals surface area contributed by atoms with Gasteiger partial charge in [0, 0.05) is 30.2 Å². The minimum Gasteiger partial charge on any atom is -0.462 e. The zero-order valence-corrected chi connectivity index (χ0v) is 20.2. The molecule has 5 aliphatic rings. The molecule has 5 fully saturated rings. The number of piperidine rings is 1. The van der Waals surface area contributed by atoms with Gasteiger partial charge in [-0.2, -0.15) is 0 Å². The van der Waals surface area contributed by atoms with Gasteiger partial charge in [0.05, 0.1) is 18.7 Å². The number of rotatable bonds is 7. The number of hydrogen-bond acceptors (Lipinski definition) is 5. The number of carbonyl (C=O) groups is 3. The Balaban J connectivity index is 1.06. The second kappa shape index (κ2) is 9.68. The second-order valence-electron chi connectivity index (χ2n) is 11.1. The van der Waals surface area contributed by atoms with Crippen LogP contribution in [0.1, 0.15) is 68.6 Å². The summed E-state index contributed by atoms with van der Waals surface area (Å²) in [5.74, 6) is 2.21. The van der Waals surface area contributed by atoms with Crippen molar-refractivity contribution in [2.24, 2.45) is 23.2 Å². The van der Waals surface area contributed by atoms with Crippen LogP contribution in [0.4, 0.5) is 5.69 Å². The topological polar surface area (TPSA) is 87.7 Å². The van der Waals surface area contributed by atoms with E-state index in [9.17, 15) is 14.4 Å². The lowest BCUT2D eigenvalue weighted by molar-refractivity contribution is -0.147. The van der Waals surface area contributed by atoms with Gasteiger partial charge in [0.1, 0.15) is 0 Å². The maximum Gasteiger partial charge on any atom is 0.338 e. The molecule has 0 unspecified atom stereocenters. The maximum absolute atomic E-state index is 13.3. The van der Waals surface area contributed by atoms with Crippen molar-refractivity contribution in [1.82, 2.24) is 10.2 Å². The summed E-state index contributed by atoms with van der Waals surface area (Å²) in [6.07, 6.45) is 9.13.